The maximum atomic E-state index is 10.8. The van der Waals surface area contributed by atoms with Gasteiger partial charge in [-0.3, -0.25) is 4.79 Å². The van der Waals surface area contributed by atoms with Gasteiger partial charge in [-0.25, -0.2) is 0 Å². The number of ether oxygens (including phenoxy) is 1. The average Bonchev–Trinajstić information content (AvgIpc) is 2.05. The van der Waals surface area contributed by atoms with Gasteiger partial charge in [0.1, 0.15) is 0 Å². The van der Waals surface area contributed by atoms with Crippen LogP contribution < -0.4 is 11.1 Å². The zero-order chi connectivity index (χ0) is 9.23. The Morgan fingerprint density at radius 3 is 2.77 bits per heavy atom. The molecule has 0 aromatic heterocycles. The Morgan fingerprint density at radius 1 is 1.54 bits per heavy atom. The van der Waals surface area contributed by atoms with Crippen molar-refractivity contribution in [1.82, 2.24) is 5.32 Å². The summed E-state index contributed by atoms with van der Waals surface area (Å²) in [5, 5.41) is 2.74. The molecule has 0 spiro atoms. The summed E-state index contributed by atoms with van der Waals surface area (Å²) in [5.41, 5.74) is 5.20. The van der Waals surface area contributed by atoms with E-state index in [2.05, 4.69) is 5.32 Å². The van der Waals surface area contributed by atoms with E-state index in [1.54, 1.807) is 0 Å². The summed E-state index contributed by atoms with van der Waals surface area (Å²) in [7, 11) is 0. The average molecular weight is 211 g/mol. The van der Waals surface area contributed by atoms with Crippen LogP contribution in [0.4, 0.5) is 0 Å². The number of hydrogen-bond acceptors (Lipinski definition) is 3. The minimum atomic E-state index is 0. The van der Waals surface area contributed by atoms with E-state index in [9.17, 15) is 4.79 Å². The Morgan fingerprint density at radius 2 is 2.23 bits per heavy atom. The standard InChI is InChI=1S/C8H18N2O2.ClH/c1-2-12-7-3-6-10-8(11)4-5-9;/h2-7,9H2,1H3,(H,10,11);1H. The molecule has 0 unspecified atom stereocenters. The summed E-state index contributed by atoms with van der Waals surface area (Å²) in [6, 6.07) is 0. The fraction of sp³-hybridized carbons (Fsp3) is 0.875. The maximum absolute atomic E-state index is 10.8. The molecule has 80 valence electrons. The number of amides is 1. The molecular weight excluding hydrogens is 192 g/mol. The molecule has 0 aliphatic carbocycles. The van der Waals surface area contributed by atoms with Gasteiger partial charge in [0.2, 0.25) is 5.91 Å². The highest BCUT2D eigenvalue weighted by Gasteiger charge is 1.96. The molecule has 0 fully saturated rings. The molecule has 0 heterocycles. The van der Waals surface area contributed by atoms with Crippen LogP contribution in [0.25, 0.3) is 0 Å². The molecule has 5 heteroatoms. The van der Waals surface area contributed by atoms with Crippen LogP contribution >= 0.6 is 12.4 Å². The van der Waals surface area contributed by atoms with Crippen molar-refractivity contribution >= 4 is 18.3 Å². The molecule has 0 saturated carbocycles. The highest BCUT2D eigenvalue weighted by Crippen LogP contribution is 1.81. The fourth-order valence-electron chi connectivity index (χ4n) is 0.766. The highest BCUT2D eigenvalue weighted by atomic mass is 35.5. The van der Waals surface area contributed by atoms with Gasteiger partial charge >= 0.3 is 0 Å². The second-order valence-electron chi connectivity index (χ2n) is 2.44. The lowest BCUT2D eigenvalue weighted by atomic mass is 10.4. The molecule has 3 N–H and O–H groups in total. The number of hydrogen-bond donors (Lipinski definition) is 2. The van der Waals surface area contributed by atoms with Crippen molar-refractivity contribution in [2.45, 2.75) is 19.8 Å². The molecule has 0 aromatic carbocycles. The maximum Gasteiger partial charge on any atom is 0.221 e. The van der Waals surface area contributed by atoms with Crippen molar-refractivity contribution in [3.8, 4) is 0 Å². The van der Waals surface area contributed by atoms with E-state index in [1.165, 1.54) is 0 Å². The first-order valence-corrected chi connectivity index (χ1v) is 4.35. The van der Waals surface area contributed by atoms with Crippen LogP contribution in [0.5, 0.6) is 0 Å². The van der Waals surface area contributed by atoms with Gasteiger partial charge in [0, 0.05) is 32.7 Å². The number of rotatable bonds is 7. The topological polar surface area (TPSA) is 64.3 Å². The molecule has 0 aliphatic rings. The monoisotopic (exact) mass is 210 g/mol. The third-order valence-electron chi connectivity index (χ3n) is 1.36. The quantitative estimate of drug-likeness (QED) is 0.595. The van der Waals surface area contributed by atoms with Crippen molar-refractivity contribution in [2.75, 3.05) is 26.3 Å². The summed E-state index contributed by atoms with van der Waals surface area (Å²) >= 11 is 0. The minimum Gasteiger partial charge on any atom is -0.382 e. The molecule has 0 atom stereocenters. The van der Waals surface area contributed by atoms with Gasteiger partial charge in [0.05, 0.1) is 0 Å². The molecule has 0 aliphatic heterocycles. The van der Waals surface area contributed by atoms with Gasteiger partial charge in [0.15, 0.2) is 0 Å². The predicted octanol–water partition coefficient (Wildman–Crippen LogP) is 0.300. The molecule has 0 rings (SSSR count). The van der Waals surface area contributed by atoms with Crippen molar-refractivity contribution in [3.63, 3.8) is 0 Å². The van der Waals surface area contributed by atoms with Gasteiger partial charge in [-0.1, -0.05) is 0 Å². The molecule has 1 amide bonds. The van der Waals surface area contributed by atoms with Crippen LogP contribution in [0.3, 0.4) is 0 Å². The fourth-order valence-corrected chi connectivity index (χ4v) is 0.766. The van der Waals surface area contributed by atoms with E-state index in [-0.39, 0.29) is 18.3 Å². The molecule has 0 aromatic rings. The van der Waals surface area contributed by atoms with Gasteiger partial charge in [-0.2, -0.15) is 0 Å². The largest absolute Gasteiger partial charge is 0.382 e. The van der Waals surface area contributed by atoms with Crippen LogP contribution in [0.2, 0.25) is 0 Å². The summed E-state index contributed by atoms with van der Waals surface area (Å²) in [5.74, 6) is 0.0222. The van der Waals surface area contributed by atoms with Crippen LogP contribution in [-0.4, -0.2) is 32.2 Å². The number of halogens is 1. The Kier molecular flexibility index (Phi) is 13.6. The zero-order valence-corrected chi connectivity index (χ0v) is 8.86. The van der Waals surface area contributed by atoms with Crippen molar-refractivity contribution in [3.05, 3.63) is 0 Å². The predicted molar refractivity (Wildman–Crippen MR) is 55.0 cm³/mol. The Bertz CT molecular complexity index is 123. The lowest BCUT2D eigenvalue weighted by molar-refractivity contribution is -0.120. The Hall–Kier alpha value is -0.320. The smallest absolute Gasteiger partial charge is 0.221 e. The summed E-state index contributed by atoms with van der Waals surface area (Å²) < 4.78 is 5.10. The SMILES string of the molecule is CCOCCCNC(=O)CCN.Cl. The van der Waals surface area contributed by atoms with Gasteiger partial charge in [-0.05, 0) is 13.3 Å². The van der Waals surface area contributed by atoms with E-state index in [0.29, 0.717) is 26.1 Å². The third kappa shape index (κ3) is 11.7. The van der Waals surface area contributed by atoms with Crippen LogP contribution in [0.1, 0.15) is 19.8 Å². The summed E-state index contributed by atoms with van der Waals surface area (Å²) in [6.45, 7) is 4.49. The van der Waals surface area contributed by atoms with Gasteiger partial charge in [-0.15, -0.1) is 12.4 Å². The molecule has 0 saturated heterocycles. The van der Waals surface area contributed by atoms with E-state index >= 15 is 0 Å². The van der Waals surface area contributed by atoms with E-state index in [1.807, 2.05) is 6.92 Å². The minimum absolute atomic E-state index is 0. The molecular formula is C8H19ClN2O2. The van der Waals surface area contributed by atoms with Gasteiger partial charge < -0.3 is 15.8 Å². The Balaban J connectivity index is 0. The first-order valence-electron chi connectivity index (χ1n) is 4.35. The number of carbonyl (C=O) groups is 1. The van der Waals surface area contributed by atoms with Gasteiger partial charge in [0.25, 0.3) is 0 Å². The van der Waals surface area contributed by atoms with Crippen molar-refractivity contribution < 1.29 is 9.53 Å². The second-order valence-corrected chi connectivity index (χ2v) is 2.44. The van der Waals surface area contributed by atoms with E-state index in [4.69, 9.17) is 10.5 Å². The summed E-state index contributed by atoms with van der Waals surface area (Å²) in [4.78, 5) is 10.8. The number of nitrogens with one attached hydrogen (secondary N) is 1. The molecule has 13 heavy (non-hydrogen) atoms. The van der Waals surface area contributed by atoms with E-state index in [0.717, 1.165) is 13.0 Å². The zero-order valence-electron chi connectivity index (χ0n) is 8.04. The van der Waals surface area contributed by atoms with Crippen molar-refractivity contribution in [2.24, 2.45) is 5.73 Å². The van der Waals surface area contributed by atoms with E-state index < -0.39 is 0 Å². The lowest BCUT2D eigenvalue weighted by Gasteiger charge is -2.03. The highest BCUT2D eigenvalue weighted by molar-refractivity contribution is 5.85. The first-order chi connectivity index (χ1) is 5.81. The molecule has 4 nitrogen and oxygen atoms in total. The third-order valence-corrected chi connectivity index (χ3v) is 1.36. The molecule has 0 radical (unpaired) electrons. The normalized spacial score (nSPS) is 9.08. The van der Waals surface area contributed by atoms with Crippen LogP contribution in [0, 0.1) is 0 Å². The molecule has 0 bridgehead atoms. The summed E-state index contributed by atoms with van der Waals surface area (Å²) in [6.07, 6.45) is 1.28. The Labute approximate surface area is 85.6 Å². The number of nitrogens with two attached hydrogens (primary N) is 1. The van der Waals surface area contributed by atoms with Crippen LogP contribution in [0.15, 0.2) is 0 Å². The lowest BCUT2D eigenvalue weighted by Crippen LogP contribution is -2.27. The first kappa shape index (κ1) is 15.2. The second kappa shape index (κ2) is 11.7. The van der Waals surface area contributed by atoms with Crippen molar-refractivity contribution in [1.29, 1.82) is 0 Å². The van der Waals surface area contributed by atoms with Crippen LogP contribution in [-0.2, 0) is 9.53 Å². The number of carbonyl (C=O) groups excluding carboxylic acids is 1.